The van der Waals surface area contributed by atoms with Crippen LogP contribution in [0.4, 0.5) is 0 Å². The van der Waals surface area contributed by atoms with E-state index in [0.717, 1.165) is 18.4 Å². The average Bonchev–Trinajstić information content (AvgIpc) is 3.30. The Balaban J connectivity index is 2.01. The molecule has 1 aliphatic rings. The molecule has 5 nitrogen and oxygen atoms in total. The van der Waals surface area contributed by atoms with E-state index in [1.165, 1.54) is 6.08 Å². The van der Waals surface area contributed by atoms with E-state index in [0.29, 0.717) is 5.56 Å². The maximum Gasteiger partial charge on any atom is 0.329 e. The van der Waals surface area contributed by atoms with Gasteiger partial charge in [0.15, 0.2) is 0 Å². The first-order chi connectivity index (χ1) is 9.95. The highest BCUT2D eigenvalue weighted by Gasteiger charge is 2.48. The lowest BCUT2D eigenvalue weighted by Gasteiger charge is -2.25. The van der Waals surface area contributed by atoms with Crippen LogP contribution in [0, 0.1) is 17.2 Å². The smallest absolute Gasteiger partial charge is 0.329 e. The Morgan fingerprint density at radius 3 is 2.48 bits per heavy atom. The highest BCUT2D eigenvalue weighted by molar-refractivity contribution is 5.96. The van der Waals surface area contributed by atoms with Crippen LogP contribution >= 0.6 is 0 Å². The number of carboxylic acids is 1. The summed E-state index contributed by atoms with van der Waals surface area (Å²) in [5.74, 6) is -1.44. The molecule has 0 aromatic heterocycles. The zero-order valence-corrected chi connectivity index (χ0v) is 11.7. The predicted octanol–water partition coefficient (Wildman–Crippen LogP) is 1.94. The summed E-state index contributed by atoms with van der Waals surface area (Å²) < 4.78 is 0. The van der Waals surface area contributed by atoms with Crippen LogP contribution in [-0.2, 0) is 9.59 Å². The van der Waals surface area contributed by atoms with E-state index in [1.54, 1.807) is 37.3 Å². The molecule has 2 N–H and O–H groups in total. The molecule has 108 valence electrons. The van der Waals surface area contributed by atoms with Crippen LogP contribution in [0.2, 0.25) is 0 Å². The molecule has 0 heterocycles. The van der Waals surface area contributed by atoms with Crippen molar-refractivity contribution in [2.75, 3.05) is 0 Å². The van der Waals surface area contributed by atoms with Crippen LogP contribution in [0.3, 0.4) is 0 Å². The van der Waals surface area contributed by atoms with Crippen molar-refractivity contribution in [3.8, 4) is 6.07 Å². The van der Waals surface area contributed by atoms with Crippen molar-refractivity contribution < 1.29 is 14.7 Å². The molecule has 1 saturated carbocycles. The van der Waals surface area contributed by atoms with Gasteiger partial charge in [-0.1, -0.05) is 12.1 Å². The molecule has 1 aliphatic carbocycles. The van der Waals surface area contributed by atoms with Crippen LogP contribution < -0.4 is 5.32 Å². The van der Waals surface area contributed by atoms with E-state index in [9.17, 15) is 14.7 Å². The number of carbonyl (C=O) groups excluding carboxylic acids is 1. The Labute approximate surface area is 122 Å². The highest BCUT2D eigenvalue weighted by atomic mass is 16.4. The summed E-state index contributed by atoms with van der Waals surface area (Å²) in [6, 6.07) is 8.77. The SMILES string of the molecule is CC(NC(=O)/C=C/c1ccc(C#N)cc1)(C(=O)O)C1CC1. The zero-order valence-electron chi connectivity index (χ0n) is 11.7. The van der Waals surface area contributed by atoms with Crippen LogP contribution in [0.5, 0.6) is 0 Å². The normalized spacial score (nSPS) is 17.0. The third-order valence-corrected chi connectivity index (χ3v) is 3.69. The number of rotatable bonds is 5. The van der Waals surface area contributed by atoms with Gasteiger partial charge in [-0.15, -0.1) is 0 Å². The van der Waals surface area contributed by atoms with E-state index >= 15 is 0 Å². The van der Waals surface area contributed by atoms with E-state index in [4.69, 9.17) is 5.26 Å². The second-order valence-electron chi connectivity index (χ2n) is 5.34. The van der Waals surface area contributed by atoms with Gasteiger partial charge in [0.2, 0.25) is 5.91 Å². The molecule has 1 atom stereocenters. The van der Waals surface area contributed by atoms with Crippen LogP contribution in [0.1, 0.15) is 30.9 Å². The van der Waals surface area contributed by atoms with Crippen molar-refractivity contribution >= 4 is 18.0 Å². The molecule has 0 saturated heterocycles. The lowest BCUT2D eigenvalue weighted by atomic mass is 9.96. The quantitative estimate of drug-likeness (QED) is 0.808. The highest BCUT2D eigenvalue weighted by Crippen LogP contribution is 2.39. The number of benzene rings is 1. The Hall–Kier alpha value is -2.61. The van der Waals surface area contributed by atoms with E-state index in [1.807, 2.05) is 6.07 Å². The molecular formula is C16H16N2O3. The van der Waals surface area contributed by atoms with Gasteiger partial charge >= 0.3 is 5.97 Å². The van der Waals surface area contributed by atoms with E-state index in [2.05, 4.69) is 5.32 Å². The lowest BCUT2D eigenvalue weighted by Crippen LogP contribution is -2.53. The molecule has 0 spiro atoms. The van der Waals surface area contributed by atoms with Crippen molar-refractivity contribution in [1.82, 2.24) is 5.32 Å². The van der Waals surface area contributed by atoms with Gasteiger partial charge in [-0.2, -0.15) is 5.26 Å². The van der Waals surface area contributed by atoms with E-state index < -0.39 is 17.4 Å². The Morgan fingerprint density at radius 2 is 2.00 bits per heavy atom. The minimum atomic E-state index is -1.20. The van der Waals surface area contributed by atoms with Crippen LogP contribution in [-0.4, -0.2) is 22.5 Å². The first-order valence-corrected chi connectivity index (χ1v) is 6.69. The zero-order chi connectivity index (χ0) is 15.5. The molecule has 0 bridgehead atoms. The molecule has 1 aromatic carbocycles. The minimum absolute atomic E-state index is 0.00209. The Bertz CT molecular complexity index is 624. The Morgan fingerprint density at radius 1 is 1.38 bits per heavy atom. The molecule has 21 heavy (non-hydrogen) atoms. The van der Waals surface area contributed by atoms with Crippen molar-refractivity contribution in [2.45, 2.75) is 25.3 Å². The number of aliphatic carboxylic acids is 1. The van der Waals surface area contributed by atoms with Crippen molar-refractivity contribution in [1.29, 1.82) is 5.26 Å². The van der Waals surface area contributed by atoms with Gasteiger partial charge in [-0.25, -0.2) is 4.79 Å². The second kappa shape index (κ2) is 5.80. The van der Waals surface area contributed by atoms with Gasteiger partial charge in [0.05, 0.1) is 11.6 Å². The monoisotopic (exact) mass is 284 g/mol. The third-order valence-electron chi connectivity index (χ3n) is 3.69. The number of nitrogens with one attached hydrogen (secondary N) is 1. The molecule has 1 unspecified atom stereocenters. The fourth-order valence-electron chi connectivity index (χ4n) is 2.13. The largest absolute Gasteiger partial charge is 0.480 e. The maximum absolute atomic E-state index is 11.9. The number of nitriles is 1. The van der Waals surface area contributed by atoms with Gasteiger partial charge < -0.3 is 10.4 Å². The number of carboxylic acid groups (broad SMARTS) is 1. The standard InChI is InChI=1S/C16H16N2O3/c1-16(15(20)21,13-7-8-13)18-14(19)9-6-11-2-4-12(10-17)5-3-11/h2-6,9,13H,7-8H2,1H3,(H,18,19)(H,20,21)/b9-6+. The minimum Gasteiger partial charge on any atom is -0.480 e. The molecule has 1 amide bonds. The molecule has 1 fully saturated rings. The molecular weight excluding hydrogens is 268 g/mol. The first kappa shape index (κ1) is 14.8. The fourth-order valence-corrected chi connectivity index (χ4v) is 2.13. The molecule has 0 aliphatic heterocycles. The van der Waals surface area contributed by atoms with Gasteiger partial charge in [0, 0.05) is 6.08 Å². The summed E-state index contributed by atoms with van der Waals surface area (Å²) in [7, 11) is 0. The summed E-state index contributed by atoms with van der Waals surface area (Å²) in [5, 5.41) is 20.5. The third kappa shape index (κ3) is 3.48. The van der Waals surface area contributed by atoms with Gasteiger partial charge in [0.1, 0.15) is 5.54 Å². The molecule has 0 radical (unpaired) electrons. The number of carbonyl (C=O) groups is 2. The number of hydrogen-bond acceptors (Lipinski definition) is 3. The summed E-state index contributed by atoms with van der Waals surface area (Å²) in [4.78, 5) is 23.2. The number of hydrogen-bond donors (Lipinski definition) is 2. The topological polar surface area (TPSA) is 90.2 Å². The molecule has 2 rings (SSSR count). The Kier molecular flexibility index (Phi) is 4.08. The van der Waals surface area contributed by atoms with E-state index in [-0.39, 0.29) is 5.92 Å². The van der Waals surface area contributed by atoms with Gasteiger partial charge in [0.25, 0.3) is 0 Å². The average molecular weight is 284 g/mol. The summed E-state index contributed by atoms with van der Waals surface area (Å²) in [6.45, 7) is 1.54. The number of nitrogens with zero attached hydrogens (tertiary/aromatic N) is 1. The second-order valence-corrected chi connectivity index (χ2v) is 5.34. The summed E-state index contributed by atoms with van der Waals surface area (Å²) in [6.07, 6.45) is 4.54. The molecule has 1 aromatic rings. The lowest BCUT2D eigenvalue weighted by molar-refractivity contribution is -0.147. The first-order valence-electron chi connectivity index (χ1n) is 6.69. The van der Waals surface area contributed by atoms with Gasteiger partial charge in [-0.3, -0.25) is 4.79 Å². The van der Waals surface area contributed by atoms with Crippen molar-refractivity contribution in [3.05, 3.63) is 41.5 Å². The van der Waals surface area contributed by atoms with Crippen LogP contribution in [0.15, 0.2) is 30.3 Å². The van der Waals surface area contributed by atoms with Crippen molar-refractivity contribution in [2.24, 2.45) is 5.92 Å². The van der Waals surface area contributed by atoms with Gasteiger partial charge in [-0.05, 0) is 49.5 Å². The summed E-state index contributed by atoms with van der Waals surface area (Å²) >= 11 is 0. The summed E-state index contributed by atoms with van der Waals surface area (Å²) in [5.41, 5.74) is 0.114. The van der Waals surface area contributed by atoms with Crippen LogP contribution in [0.25, 0.3) is 6.08 Å². The number of amides is 1. The maximum atomic E-state index is 11.9. The molecule has 5 heteroatoms. The predicted molar refractivity (Wildman–Crippen MR) is 77.1 cm³/mol. The fraction of sp³-hybridized carbons (Fsp3) is 0.312. The van der Waals surface area contributed by atoms with Crippen molar-refractivity contribution in [3.63, 3.8) is 0 Å².